The highest BCUT2D eigenvalue weighted by Crippen LogP contribution is 2.33. The fourth-order valence-corrected chi connectivity index (χ4v) is 2.54. The summed E-state index contributed by atoms with van der Waals surface area (Å²) in [6.45, 7) is 0.935. The van der Waals surface area contributed by atoms with E-state index in [-0.39, 0.29) is 6.79 Å². The summed E-state index contributed by atoms with van der Waals surface area (Å²) in [4.78, 5) is 1.99. The van der Waals surface area contributed by atoms with Gasteiger partial charge in [-0.15, -0.1) is 0 Å². The third-order valence-electron chi connectivity index (χ3n) is 3.65. The summed E-state index contributed by atoms with van der Waals surface area (Å²) in [5.74, 6) is 2.23. The Labute approximate surface area is 133 Å². The van der Waals surface area contributed by atoms with E-state index < -0.39 is 0 Å². The van der Waals surface area contributed by atoms with Crippen molar-refractivity contribution in [2.75, 3.05) is 18.7 Å². The fraction of sp³-hybridized carbons (Fsp3) is 0.188. The van der Waals surface area contributed by atoms with Crippen molar-refractivity contribution in [3.05, 3.63) is 54.1 Å². The second-order valence-corrected chi connectivity index (χ2v) is 5.27. The van der Waals surface area contributed by atoms with Crippen molar-refractivity contribution in [3.63, 3.8) is 0 Å². The number of rotatable bonds is 4. The summed E-state index contributed by atoms with van der Waals surface area (Å²) in [6, 6.07) is 15.7. The molecule has 2 aromatic carbocycles. The number of anilines is 1. The summed E-state index contributed by atoms with van der Waals surface area (Å²) in [5, 5.41) is 12.0. The van der Waals surface area contributed by atoms with Crippen LogP contribution in [0.25, 0.3) is 5.69 Å². The van der Waals surface area contributed by atoms with Gasteiger partial charge in [-0.05, 0) is 40.3 Å². The van der Waals surface area contributed by atoms with Crippen molar-refractivity contribution in [2.45, 2.75) is 6.54 Å². The van der Waals surface area contributed by atoms with Crippen LogP contribution in [-0.4, -0.2) is 34.0 Å². The number of hydrogen-bond donors (Lipinski definition) is 0. The molecular formula is C16H15N5O2. The van der Waals surface area contributed by atoms with Crippen LogP contribution >= 0.6 is 0 Å². The van der Waals surface area contributed by atoms with Gasteiger partial charge in [-0.25, -0.2) is 0 Å². The third-order valence-corrected chi connectivity index (χ3v) is 3.65. The second kappa shape index (κ2) is 5.60. The molecule has 0 saturated carbocycles. The lowest BCUT2D eigenvalue weighted by Gasteiger charge is -2.18. The highest BCUT2D eigenvalue weighted by molar-refractivity contribution is 5.46. The minimum absolute atomic E-state index is 0.279. The lowest BCUT2D eigenvalue weighted by molar-refractivity contribution is 0.174. The fourth-order valence-electron chi connectivity index (χ4n) is 2.54. The van der Waals surface area contributed by atoms with Crippen LogP contribution in [0.3, 0.4) is 0 Å². The summed E-state index contributed by atoms with van der Waals surface area (Å²) >= 11 is 0. The molecule has 0 radical (unpaired) electrons. The first-order chi connectivity index (χ1) is 11.3. The predicted molar refractivity (Wildman–Crippen MR) is 83.8 cm³/mol. The van der Waals surface area contributed by atoms with Crippen LogP contribution in [0.1, 0.15) is 5.56 Å². The Kier molecular flexibility index (Phi) is 3.30. The molecule has 0 atom stereocenters. The lowest BCUT2D eigenvalue weighted by Crippen LogP contribution is -2.20. The first-order valence-electron chi connectivity index (χ1n) is 7.25. The van der Waals surface area contributed by atoms with Crippen LogP contribution in [0.4, 0.5) is 5.95 Å². The molecule has 4 rings (SSSR count). The minimum atomic E-state index is 0.279. The van der Waals surface area contributed by atoms with E-state index in [2.05, 4.69) is 15.5 Å². The summed E-state index contributed by atoms with van der Waals surface area (Å²) in [5.41, 5.74) is 2.02. The van der Waals surface area contributed by atoms with E-state index in [9.17, 15) is 0 Å². The highest BCUT2D eigenvalue weighted by Gasteiger charge is 2.16. The van der Waals surface area contributed by atoms with Gasteiger partial charge in [0.05, 0.1) is 5.69 Å². The number of aromatic nitrogens is 4. The molecule has 7 heteroatoms. The number of para-hydroxylation sites is 1. The summed E-state index contributed by atoms with van der Waals surface area (Å²) in [7, 11) is 1.95. The topological polar surface area (TPSA) is 65.3 Å². The van der Waals surface area contributed by atoms with E-state index in [1.807, 2.05) is 60.5 Å². The highest BCUT2D eigenvalue weighted by atomic mass is 16.7. The number of nitrogens with zero attached hydrogens (tertiary/aromatic N) is 5. The molecule has 1 aromatic heterocycles. The van der Waals surface area contributed by atoms with Crippen molar-refractivity contribution >= 4 is 5.95 Å². The molecule has 0 fully saturated rings. The Bertz CT molecular complexity index is 818. The Morgan fingerprint density at radius 3 is 2.78 bits per heavy atom. The molecule has 0 spiro atoms. The maximum absolute atomic E-state index is 5.42. The molecule has 0 amide bonds. The third kappa shape index (κ3) is 2.57. The van der Waals surface area contributed by atoms with Crippen molar-refractivity contribution in [2.24, 2.45) is 0 Å². The zero-order chi connectivity index (χ0) is 15.6. The molecular weight excluding hydrogens is 294 g/mol. The molecule has 1 aliphatic rings. The average molecular weight is 309 g/mol. The van der Waals surface area contributed by atoms with Crippen molar-refractivity contribution < 1.29 is 9.47 Å². The molecule has 0 aliphatic carbocycles. The lowest BCUT2D eigenvalue weighted by atomic mass is 10.2. The molecule has 3 aromatic rings. The van der Waals surface area contributed by atoms with Gasteiger partial charge in [-0.3, -0.25) is 0 Å². The molecule has 116 valence electrons. The average Bonchev–Trinajstić information content (AvgIpc) is 3.24. The minimum Gasteiger partial charge on any atom is -0.454 e. The SMILES string of the molecule is CN(Cc1ccc2c(c1)OCO2)c1nnnn1-c1ccccc1. The van der Waals surface area contributed by atoms with E-state index >= 15 is 0 Å². The van der Waals surface area contributed by atoms with Crippen molar-refractivity contribution in [3.8, 4) is 17.2 Å². The maximum Gasteiger partial charge on any atom is 0.250 e. The Balaban J connectivity index is 1.58. The smallest absolute Gasteiger partial charge is 0.250 e. The first-order valence-corrected chi connectivity index (χ1v) is 7.25. The monoisotopic (exact) mass is 309 g/mol. The summed E-state index contributed by atoms with van der Waals surface area (Å²) in [6.07, 6.45) is 0. The molecule has 1 aliphatic heterocycles. The van der Waals surface area contributed by atoms with Crippen molar-refractivity contribution in [1.82, 2.24) is 20.2 Å². The van der Waals surface area contributed by atoms with E-state index in [4.69, 9.17) is 9.47 Å². The number of ether oxygens (including phenoxy) is 2. The Hall–Kier alpha value is -3.09. The Morgan fingerprint density at radius 2 is 1.91 bits per heavy atom. The van der Waals surface area contributed by atoms with Crippen LogP contribution in [0.5, 0.6) is 11.5 Å². The number of tetrazole rings is 1. The largest absolute Gasteiger partial charge is 0.454 e. The molecule has 0 bridgehead atoms. The van der Waals surface area contributed by atoms with Gasteiger partial charge in [0.15, 0.2) is 11.5 Å². The van der Waals surface area contributed by atoms with Crippen LogP contribution in [0, 0.1) is 0 Å². The van der Waals surface area contributed by atoms with Gasteiger partial charge >= 0.3 is 0 Å². The van der Waals surface area contributed by atoms with E-state index in [1.54, 1.807) is 4.68 Å². The zero-order valence-corrected chi connectivity index (χ0v) is 12.6. The van der Waals surface area contributed by atoms with Crippen LogP contribution < -0.4 is 14.4 Å². The maximum atomic E-state index is 5.42. The number of benzene rings is 2. The molecule has 7 nitrogen and oxygen atoms in total. The molecule has 2 heterocycles. The van der Waals surface area contributed by atoms with Gasteiger partial charge in [-0.2, -0.15) is 4.68 Å². The second-order valence-electron chi connectivity index (χ2n) is 5.27. The first kappa shape index (κ1) is 13.6. The van der Waals surface area contributed by atoms with Gasteiger partial charge < -0.3 is 14.4 Å². The Morgan fingerprint density at radius 1 is 1.09 bits per heavy atom. The van der Waals surface area contributed by atoms with Gasteiger partial charge in [0.25, 0.3) is 0 Å². The van der Waals surface area contributed by atoms with Crippen LogP contribution in [-0.2, 0) is 6.54 Å². The predicted octanol–water partition coefficient (Wildman–Crippen LogP) is 2.03. The zero-order valence-electron chi connectivity index (χ0n) is 12.6. The van der Waals surface area contributed by atoms with Gasteiger partial charge in [0.1, 0.15) is 0 Å². The quantitative estimate of drug-likeness (QED) is 0.735. The molecule has 0 saturated heterocycles. The van der Waals surface area contributed by atoms with Gasteiger partial charge in [-0.1, -0.05) is 29.4 Å². The van der Waals surface area contributed by atoms with Crippen molar-refractivity contribution in [1.29, 1.82) is 0 Å². The van der Waals surface area contributed by atoms with Gasteiger partial charge in [0, 0.05) is 13.6 Å². The van der Waals surface area contributed by atoms with Crippen LogP contribution in [0.15, 0.2) is 48.5 Å². The molecule has 0 unspecified atom stereocenters. The number of fused-ring (bicyclic) bond motifs is 1. The number of hydrogen-bond acceptors (Lipinski definition) is 6. The standard InChI is InChI=1S/C16H15N5O2/c1-20(10-12-7-8-14-15(9-12)23-11-22-14)16-17-18-19-21(16)13-5-3-2-4-6-13/h2-9H,10-11H2,1H3. The molecule has 23 heavy (non-hydrogen) atoms. The van der Waals surface area contributed by atoms with Gasteiger partial charge in [0.2, 0.25) is 12.7 Å². The van der Waals surface area contributed by atoms with E-state index in [0.717, 1.165) is 22.7 Å². The van der Waals surface area contributed by atoms with E-state index in [1.165, 1.54) is 0 Å². The summed E-state index contributed by atoms with van der Waals surface area (Å²) < 4.78 is 12.5. The normalized spacial score (nSPS) is 12.4. The van der Waals surface area contributed by atoms with E-state index in [0.29, 0.717) is 12.5 Å². The van der Waals surface area contributed by atoms with Crippen LogP contribution in [0.2, 0.25) is 0 Å². The molecule has 0 N–H and O–H groups in total.